The highest BCUT2D eigenvalue weighted by Gasteiger charge is 2.23. The second-order valence-electron chi connectivity index (χ2n) is 2.33. The van der Waals surface area contributed by atoms with Crippen molar-refractivity contribution in [1.82, 2.24) is 5.32 Å². The molecular weight excluding hydrogens is 169 g/mol. The van der Waals surface area contributed by atoms with Crippen LogP contribution in [0.4, 0.5) is 13.2 Å². The van der Waals surface area contributed by atoms with Crippen molar-refractivity contribution in [3.8, 4) is 0 Å². The molecule has 0 saturated carbocycles. The van der Waals surface area contributed by atoms with Crippen molar-refractivity contribution in [2.75, 3.05) is 7.05 Å². The van der Waals surface area contributed by atoms with Gasteiger partial charge in [-0.25, -0.2) is 8.78 Å². The van der Waals surface area contributed by atoms with Crippen LogP contribution in [0.1, 0.15) is 13.3 Å². The topological polar surface area (TPSA) is 38.0 Å². The van der Waals surface area contributed by atoms with E-state index in [2.05, 4.69) is 5.32 Å². The van der Waals surface area contributed by atoms with Crippen LogP contribution in [0.15, 0.2) is 11.5 Å². The Morgan fingerprint density at radius 3 is 2.08 bits per heavy atom. The Hall–Kier alpha value is -0.710. The van der Waals surface area contributed by atoms with Gasteiger partial charge >= 0.3 is 0 Å². The van der Waals surface area contributed by atoms with E-state index >= 15 is 0 Å². The van der Waals surface area contributed by atoms with Crippen molar-refractivity contribution >= 4 is 0 Å². The molecule has 72 valence electrons. The summed E-state index contributed by atoms with van der Waals surface area (Å²) in [7, 11) is 1.34. The van der Waals surface area contributed by atoms with E-state index in [1.165, 1.54) is 7.05 Å². The Balaban J connectivity index is 4.58. The number of halogens is 3. The molecular formula is C7H13F3N2. The molecule has 0 aromatic rings. The monoisotopic (exact) mass is 182 g/mol. The summed E-state index contributed by atoms with van der Waals surface area (Å²) in [5.74, 6) is -1.02. The molecule has 1 unspecified atom stereocenters. The van der Waals surface area contributed by atoms with Gasteiger partial charge in [-0.1, -0.05) is 6.92 Å². The Morgan fingerprint density at radius 1 is 1.50 bits per heavy atom. The van der Waals surface area contributed by atoms with Crippen molar-refractivity contribution in [2.24, 2.45) is 5.73 Å². The molecule has 0 heterocycles. The minimum atomic E-state index is -2.64. The van der Waals surface area contributed by atoms with Crippen molar-refractivity contribution < 1.29 is 13.2 Å². The molecule has 1 atom stereocenters. The zero-order valence-corrected chi connectivity index (χ0v) is 7.07. The van der Waals surface area contributed by atoms with Gasteiger partial charge in [-0.15, -0.1) is 0 Å². The number of rotatable bonds is 4. The largest absolute Gasteiger partial charge is 0.376 e. The summed E-state index contributed by atoms with van der Waals surface area (Å²) in [5.41, 5.74) is 4.72. The number of alkyl halides is 2. The van der Waals surface area contributed by atoms with Gasteiger partial charge in [0.15, 0.2) is 5.95 Å². The highest BCUT2D eigenvalue weighted by molar-refractivity contribution is 5.13. The third-order valence-corrected chi connectivity index (χ3v) is 1.63. The molecule has 0 fully saturated rings. The van der Waals surface area contributed by atoms with Crippen molar-refractivity contribution in [2.45, 2.75) is 25.8 Å². The highest BCUT2D eigenvalue weighted by atomic mass is 19.3. The summed E-state index contributed by atoms with van der Waals surface area (Å²) < 4.78 is 36.8. The first-order valence-corrected chi connectivity index (χ1v) is 3.64. The van der Waals surface area contributed by atoms with E-state index in [1.807, 2.05) is 0 Å². The first kappa shape index (κ1) is 11.3. The molecule has 0 bridgehead atoms. The lowest BCUT2D eigenvalue weighted by atomic mass is 10.1. The first-order valence-electron chi connectivity index (χ1n) is 3.64. The first-order chi connectivity index (χ1) is 5.54. The molecule has 0 aliphatic rings. The summed E-state index contributed by atoms with van der Waals surface area (Å²) >= 11 is 0. The Bertz CT molecular complexity index is 164. The van der Waals surface area contributed by atoms with Gasteiger partial charge in [-0.05, 0) is 13.5 Å². The average Bonchev–Trinajstić information content (AvgIpc) is 1.98. The summed E-state index contributed by atoms with van der Waals surface area (Å²) in [6, 6.07) is -1.28. The highest BCUT2D eigenvalue weighted by Crippen LogP contribution is 2.16. The Morgan fingerprint density at radius 2 is 2.00 bits per heavy atom. The van der Waals surface area contributed by atoms with Crippen molar-refractivity contribution in [3.63, 3.8) is 0 Å². The lowest BCUT2D eigenvalue weighted by Gasteiger charge is -2.17. The van der Waals surface area contributed by atoms with Crippen LogP contribution in [0.2, 0.25) is 0 Å². The third kappa shape index (κ3) is 2.73. The van der Waals surface area contributed by atoms with Crippen LogP contribution >= 0.6 is 0 Å². The second-order valence-corrected chi connectivity index (χ2v) is 2.33. The molecule has 0 aliphatic heterocycles. The summed E-state index contributed by atoms with van der Waals surface area (Å²) in [4.78, 5) is 0. The van der Waals surface area contributed by atoms with E-state index in [-0.39, 0.29) is 12.0 Å². The van der Waals surface area contributed by atoms with E-state index in [0.717, 1.165) is 0 Å². The number of nitrogens with one attached hydrogen (secondary N) is 1. The molecule has 3 N–H and O–H groups in total. The van der Waals surface area contributed by atoms with E-state index in [1.54, 1.807) is 6.92 Å². The molecule has 0 aliphatic carbocycles. The number of likely N-dealkylation sites (N-methyl/N-ethyl adjacent to an activating group) is 1. The molecule has 0 spiro atoms. The number of hydrogen-bond donors (Lipinski definition) is 2. The molecule has 0 aromatic carbocycles. The summed E-state index contributed by atoms with van der Waals surface area (Å²) in [5, 5.41) is 2.31. The van der Waals surface area contributed by atoms with Gasteiger partial charge in [-0.2, -0.15) is 4.39 Å². The molecule has 0 radical (unpaired) electrons. The average molecular weight is 182 g/mol. The maximum Gasteiger partial charge on any atom is 0.257 e. The zero-order chi connectivity index (χ0) is 9.72. The van der Waals surface area contributed by atoms with Crippen LogP contribution in [-0.2, 0) is 0 Å². The van der Waals surface area contributed by atoms with Gasteiger partial charge in [-0.3, -0.25) is 0 Å². The maximum atomic E-state index is 12.4. The fourth-order valence-electron chi connectivity index (χ4n) is 0.990. The minimum Gasteiger partial charge on any atom is -0.376 e. The van der Waals surface area contributed by atoms with Gasteiger partial charge in [0.2, 0.25) is 0 Å². The fraction of sp³-hybridized carbons (Fsp3) is 0.714. The third-order valence-electron chi connectivity index (χ3n) is 1.63. The van der Waals surface area contributed by atoms with Gasteiger partial charge in [0.1, 0.15) is 0 Å². The molecule has 0 aromatic heterocycles. The van der Waals surface area contributed by atoms with Crippen LogP contribution in [0.5, 0.6) is 0 Å². The van der Waals surface area contributed by atoms with Gasteiger partial charge in [0, 0.05) is 5.57 Å². The number of hydrogen-bond acceptors (Lipinski definition) is 2. The van der Waals surface area contributed by atoms with E-state index < -0.39 is 18.4 Å². The van der Waals surface area contributed by atoms with Gasteiger partial charge in [0.05, 0.1) is 6.04 Å². The Kier molecular flexibility index (Phi) is 4.73. The molecule has 0 amide bonds. The summed E-state index contributed by atoms with van der Waals surface area (Å²) in [6.45, 7) is 1.58. The molecule has 5 heteroatoms. The van der Waals surface area contributed by atoms with Crippen molar-refractivity contribution in [3.05, 3.63) is 11.5 Å². The van der Waals surface area contributed by atoms with Crippen LogP contribution in [0, 0.1) is 0 Å². The predicted molar refractivity (Wildman–Crippen MR) is 41.5 cm³/mol. The maximum absolute atomic E-state index is 12.4. The summed E-state index contributed by atoms with van der Waals surface area (Å²) in [6.07, 6.45) is -2.46. The fourth-order valence-corrected chi connectivity index (χ4v) is 0.990. The lowest BCUT2D eigenvalue weighted by Crippen LogP contribution is -2.35. The Labute approximate surface area is 69.6 Å². The molecule has 0 rings (SSSR count). The normalized spacial score (nSPS) is 16.2. The SMILES string of the molecule is CC/C(=C(/N)F)C(NC)C(F)F. The van der Waals surface area contributed by atoms with Crippen LogP contribution < -0.4 is 11.1 Å². The molecule has 12 heavy (non-hydrogen) atoms. The van der Waals surface area contributed by atoms with Gasteiger partial charge in [0.25, 0.3) is 6.43 Å². The van der Waals surface area contributed by atoms with E-state index in [4.69, 9.17) is 5.73 Å². The quantitative estimate of drug-likeness (QED) is 0.645. The minimum absolute atomic E-state index is 0.0764. The molecule has 0 saturated heterocycles. The van der Waals surface area contributed by atoms with Crippen LogP contribution in [0.25, 0.3) is 0 Å². The second kappa shape index (κ2) is 5.03. The predicted octanol–water partition coefficient (Wildman–Crippen LogP) is 1.39. The van der Waals surface area contributed by atoms with Gasteiger partial charge < -0.3 is 11.1 Å². The molecule has 2 nitrogen and oxygen atoms in total. The van der Waals surface area contributed by atoms with E-state index in [9.17, 15) is 13.2 Å². The lowest BCUT2D eigenvalue weighted by molar-refractivity contribution is 0.114. The smallest absolute Gasteiger partial charge is 0.257 e. The van der Waals surface area contributed by atoms with Crippen LogP contribution in [0.3, 0.4) is 0 Å². The standard InChI is InChI=1S/C7H13F3N2/c1-3-4(7(10)11)5(12-2)6(8)9/h5-6,12H,3,11H2,1-2H3/b7-4-. The number of nitrogens with two attached hydrogens (primary N) is 1. The van der Waals surface area contributed by atoms with Crippen molar-refractivity contribution in [1.29, 1.82) is 0 Å². The van der Waals surface area contributed by atoms with Crippen LogP contribution in [-0.4, -0.2) is 19.5 Å². The van der Waals surface area contributed by atoms with E-state index in [0.29, 0.717) is 0 Å². The zero-order valence-electron chi connectivity index (χ0n) is 7.07.